The number of benzene rings is 2. The van der Waals surface area contributed by atoms with Gasteiger partial charge in [-0.05, 0) is 56.0 Å². The lowest BCUT2D eigenvalue weighted by atomic mass is 10.1. The molecule has 0 spiro atoms. The number of anilines is 1. The molecule has 0 heterocycles. The van der Waals surface area contributed by atoms with Crippen LogP contribution < -0.4 is 9.62 Å². The summed E-state index contributed by atoms with van der Waals surface area (Å²) in [6.45, 7) is 7.02. The molecule has 2 aromatic carbocycles. The van der Waals surface area contributed by atoms with Crippen molar-refractivity contribution >= 4 is 50.7 Å². The molecule has 0 fully saturated rings. The number of sulfonamides is 1. The molecule has 1 N–H and O–H groups in total. The monoisotopic (exact) mass is 541 g/mol. The third-order valence-electron chi connectivity index (χ3n) is 5.47. The number of halogens is 2. The number of hydrogen-bond acceptors (Lipinski definition) is 4. The summed E-state index contributed by atoms with van der Waals surface area (Å²) in [5, 5.41) is 3.55. The molecule has 0 saturated heterocycles. The highest BCUT2D eigenvalue weighted by Crippen LogP contribution is 2.26. The summed E-state index contributed by atoms with van der Waals surface area (Å²) in [4.78, 5) is 28.1. The number of carbonyl (C=O) groups excluding carboxylic acids is 2. The van der Waals surface area contributed by atoms with Crippen LogP contribution in [-0.2, 0) is 32.6 Å². The van der Waals surface area contributed by atoms with Gasteiger partial charge in [0.05, 0.1) is 22.0 Å². The second-order valence-electron chi connectivity index (χ2n) is 8.61. The van der Waals surface area contributed by atoms with E-state index in [-0.39, 0.29) is 18.5 Å². The molecule has 7 nitrogen and oxygen atoms in total. The fourth-order valence-electron chi connectivity index (χ4n) is 3.78. The van der Waals surface area contributed by atoms with Crippen LogP contribution in [0.2, 0.25) is 10.0 Å². The molecule has 192 valence electrons. The van der Waals surface area contributed by atoms with Gasteiger partial charge in [0.1, 0.15) is 12.6 Å². The highest BCUT2D eigenvalue weighted by molar-refractivity contribution is 7.92. The Hall–Kier alpha value is -2.29. The number of nitrogens with zero attached hydrogens (tertiary/aromatic N) is 2. The average molecular weight is 543 g/mol. The van der Waals surface area contributed by atoms with Gasteiger partial charge in [0.15, 0.2) is 0 Å². The minimum Gasteiger partial charge on any atom is -0.352 e. The molecular formula is C25H33Cl2N3O4S. The molecular weight excluding hydrogens is 509 g/mol. The van der Waals surface area contributed by atoms with Crippen molar-refractivity contribution < 1.29 is 18.0 Å². The molecule has 10 heteroatoms. The number of amides is 2. The molecule has 1 atom stereocenters. The fraction of sp³-hybridized carbons (Fsp3) is 0.440. The number of carbonyl (C=O) groups is 2. The first-order valence-electron chi connectivity index (χ1n) is 11.5. The second kappa shape index (κ2) is 12.6. The maximum absolute atomic E-state index is 13.7. The largest absolute Gasteiger partial charge is 0.352 e. The Morgan fingerprint density at radius 3 is 2.23 bits per heavy atom. The van der Waals surface area contributed by atoms with Crippen LogP contribution in [0, 0.1) is 0 Å². The Morgan fingerprint density at radius 1 is 1.03 bits per heavy atom. The molecule has 0 aromatic heterocycles. The van der Waals surface area contributed by atoms with Crippen molar-refractivity contribution in [3.05, 3.63) is 63.6 Å². The summed E-state index contributed by atoms with van der Waals surface area (Å²) in [6.07, 6.45) is 2.01. The predicted molar refractivity (Wildman–Crippen MR) is 142 cm³/mol. The van der Waals surface area contributed by atoms with E-state index in [1.54, 1.807) is 37.3 Å². The van der Waals surface area contributed by atoms with Gasteiger partial charge in [0.25, 0.3) is 0 Å². The first-order valence-corrected chi connectivity index (χ1v) is 14.1. The summed E-state index contributed by atoms with van der Waals surface area (Å²) >= 11 is 12.2. The van der Waals surface area contributed by atoms with Crippen molar-refractivity contribution in [2.45, 2.75) is 59.2 Å². The minimum atomic E-state index is -3.79. The summed E-state index contributed by atoms with van der Waals surface area (Å²) in [7, 11) is -3.79. The van der Waals surface area contributed by atoms with E-state index < -0.39 is 28.5 Å². The Kier molecular flexibility index (Phi) is 10.4. The first kappa shape index (κ1) is 28.9. The highest BCUT2D eigenvalue weighted by atomic mass is 35.5. The topological polar surface area (TPSA) is 86.8 Å². The van der Waals surface area contributed by atoms with E-state index in [0.717, 1.165) is 16.1 Å². The van der Waals surface area contributed by atoms with E-state index in [1.165, 1.54) is 4.90 Å². The van der Waals surface area contributed by atoms with Crippen molar-refractivity contribution in [1.29, 1.82) is 0 Å². The molecule has 1 unspecified atom stereocenters. The van der Waals surface area contributed by atoms with Crippen molar-refractivity contribution in [3.8, 4) is 0 Å². The van der Waals surface area contributed by atoms with Crippen molar-refractivity contribution in [3.63, 3.8) is 0 Å². The number of hydrogen-bond donors (Lipinski definition) is 1. The zero-order valence-electron chi connectivity index (χ0n) is 20.7. The standard InChI is InChI=1S/C25H33Cl2N3O4S/c1-6-19-10-8-9-11-23(19)30(35(5,33)34)16-24(31)29(22(7-2)25(32)28-17(3)4)15-18-12-13-20(26)21(27)14-18/h8-14,17,22H,6-7,15-16H2,1-5H3,(H,28,32). The summed E-state index contributed by atoms with van der Waals surface area (Å²) in [6, 6.07) is 11.1. The van der Waals surface area contributed by atoms with Gasteiger partial charge in [0.2, 0.25) is 21.8 Å². The van der Waals surface area contributed by atoms with Crippen LogP contribution in [0.1, 0.15) is 45.2 Å². The summed E-state index contributed by atoms with van der Waals surface area (Å²) in [5.41, 5.74) is 1.91. The van der Waals surface area contributed by atoms with E-state index in [4.69, 9.17) is 23.2 Å². The van der Waals surface area contributed by atoms with Crippen molar-refractivity contribution in [2.75, 3.05) is 17.1 Å². The first-order chi connectivity index (χ1) is 16.4. The third kappa shape index (κ3) is 7.85. The van der Waals surface area contributed by atoms with Crippen LogP contribution >= 0.6 is 23.2 Å². The molecule has 0 bridgehead atoms. The normalized spacial score (nSPS) is 12.3. The zero-order valence-corrected chi connectivity index (χ0v) is 23.0. The van der Waals surface area contributed by atoms with E-state index in [0.29, 0.717) is 34.1 Å². The number of nitrogens with one attached hydrogen (secondary N) is 1. The van der Waals surface area contributed by atoms with Gasteiger partial charge in [-0.1, -0.05) is 61.3 Å². The predicted octanol–water partition coefficient (Wildman–Crippen LogP) is 4.65. The van der Waals surface area contributed by atoms with Crippen LogP contribution in [0.25, 0.3) is 0 Å². The second-order valence-corrected chi connectivity index (χ2v) is 11.3. The molecule has 2 aromatic rings. The van der Waals surface area contributed by atoms with Gasteiger partial charge in [0, 0.05) is 12.6 Å². The minimum absolute atomic E-state index is 0.0623. The van der Waals surface area contributed by atoms with Gasteiger partial charge in [-0.3, -0.25) is 13.9 Å². The highest BCUT2D eigenvalue weighted by Gasteiger charge is 2.32. The summed E-state index contributed by atoms with van der Waals surface area (Å²) < 4.78 is 26.6. The molecule has 0 aliphatic heterocycles. The van der Waals surface area contributed by atoms with Crippen LogP contribution in [0.4, 0.5) is 5.69 Å². The number of para-hydroxylation sites is 1. The maximum atomic E-state index is 13.7. The number of rotatable bonds is 11. The van der Waals surface area contributed by atoms with Crippen molar-refractivity contribution in [1.82, 2.24) is 10.2 Å². The van der Waals surface area contributed by atoms with E-state index in [1.807, 2.05) is 32.9 Å². The molecule has 2 amide bonds. The Balaban J connectivity index is 2.50. The van der Waals surface area contributed by atoms with E-state index in [9.17, 15) is 18.0 Å². The van der Waals surface area contributed by atoms with Gasteiger partial charge in [-0.25, -0.2) is 8.42 Å². The molecule has 0 radical (unpaired) electrons. The van der Waals surface area contributed by atoms with Crippen LogP contribution in [-0.4, -0.2) is 50.0 Å². The zero-order chi connectivity index (χ0) is 26.3. The molecule has 0 aliphatic rings. The van der Waals surface area contributed by atoms with E-state index >= 15 is 0 Å². The molecule has 0 saturated carbocycles. The van der Waals surface area contributed by atoms with Gasteiger partial charge < -0.3 is 10.2 Å². The maximum Gasteiger partial charge on any atom is 0.244 e. The van der Waals surface area contributed by atoms with Gasteiger partial charge in [-0.2, -0.15) is 0 Å². The van der Waals surface area contributed by atoms with Crippen LogP contribution in [0.15, 0.2) is 42.5 Å². The lowest BCUT2D eigenvalue weighted by Gasteiger charge is -2.33. The Labute approximate surface area is 218 Å². The lowest BCUT2D eigenvalue weighted by molar-refractivity contribution is -0.140. The quantitative estimate of drug-likeness (QED) is 0.448. The van der Waals surface area contributed by atoms with Crippen LogP contribution in [0.5, 0.6) is 0 Å². The average Bonchev–Trinajstić information content (AvgIpc) is 2.78. The number of aryl methyl sites for hydroxylation is 1. The Bertz CT molecular complexity index is 1160. The van der Waals surface area contributed by atoms with Crippen molar-refractivity contribution in [2.24, 2.45) is 0 Å². The van der Waals surface area contributed by atoms with Gasteiger partial charge >= 0.3 is 0 Å². The van der Waals surface area contributed by atoms with Gasteiger partial charge in [-0.15, -0.1) is 0 Å². The smallest absolute Gasteiger partial charge is 0.244 e. The molecule has 35 heavy (non-hydrogen) atoms. The molecule has 2 rings (SSSR count). The van der Waals surface area contributed by atoms with Crippen LogP contribution in [0.3, 0.4) is 0 Å². The summed E-state index contributed by atoms with van der Waals surface area (Å²) in [5.74, 6) is -0.811. The SMILES string of the molecule is CCc1ccccc1N(CC(=O)N(Cc1ccc(Cl)c(Cl)c1)C(CC)C(=O)NC(C)C)S(C)(=O)=O. The van der Waals surface area contributed by atoms with E-state index in [2.05, 4.69) is 5.32 Å². The lowest BCUT2D eigenvalue weighted by Crippen LogP contribution is -2.53. The fourth-order valence-corrected chi connectivity index (χ4v) is 4.98. The molecule has 0 aliphatic carbocycles. The Morgan fingerprint density at radius 2 is 1.69 bits per heavy atom. The third-order valence-corrected chi connectivity index (χ3v) is 7.34.